The molecular weight excluding hydrogens is 348 g/mol. The third kappa shape index (κ3) is 2.67. The number of hydrogen-bond donors (Lipinski definition) is 2. The fourth-order valence-electron chi connectivity index (χ4n) is 5.85. The lowest BCUT2D eigenvalue weighted by atomic mass is 9.75. The Morgan fingerprint density at radius 3 is 1.64 bits per heavy atom. The number of fused-ring (bicyclic) bond motifs is 2. The molecule has 2 aliphatic carbocycles. The normalized spacial score (nSPS) is 28.2. The summed E-state index contributed by atoms with van der Waals surface area (Å²) in [7, 11) is 0. The van der Waals surface area contributed by atoms with Crippen molar-refractivity contribution in [3.8, 4) is 0 Å². The fourth-order valence-corrected chi connectivity index (χ4v) is 5.85. The van der Waals surface area contributed by atoms with Crippen molar-refractivity contribution in [1.29, 1.82) is 0 Å². The van der Waals surface area contributed by atoms with Crippen LogP contribution in [-0.4, -0.2) is 10.2 Å². The zero-order valence-electron chi connectivity index (χ0n) is 16.5. The molecule has 2 N–H and O–H groups in total. The quantitative estimate of drug-likeness (QED) is 0.753. The molecule has 3 heteroatoms. The van der Waals surface area contributed by atoms with E-state index in [-0.39, 0.29) is 0 Å². The van der Waals surface area contributed by atoms with Crippen molar-refractivity contribution in [3.05, 3.63) is 70.8 Å². The Morgan fingerprint density at radius 2 is 1.04 bits per heavy atom. The molecule has 2 aromatic carbocycles. The van der Waals surface area contributed by atoms with E-state index in [0.29, 0.717) is 5.56 Å². The van der Waals surface area contributed by atoms with E-state index in [4.69, 9.17) is 4.74 Å². The molecule has 0 bridgehead atoms. The van der Waals surface area contributed by atoms with Crippen LogP contribution in [0.5, 0.6) is 0 Å². The standard InChI is InChI=1S/C25H30O3/c26-23(15-7-1-8-16-23)19-11-3-5-13-21(19)25(27)22-14-6-4-12-20(22)24(28-25)17-9-2-10-18-24/h3-6,11-14,26-27H,1-2,7-10,15-18H2. The first kappa shape index (κ1) is 18.4. The predicted octanol–water partition coefficient (Wildman–Crippen LogP) is 5.22. The second-order valence-electron chi connectivity index (χ2n) is 8.98. The highest BCUT2D eigenvalue weighted by molar-refractivity contribution is 5.49. The molecule has 148 valence electrons. The number of benzene rings is 2. The topological polar surface area (TPSA) is 49.7 Å². The van der Waals surface area contributed by atoms with Gasteiger partial charge < -0.3 is 14.9 Å². The fraction of sp³-hybridized carbons (Fsp3) is 0.520. The van der Waals surface area contributed by atoms with Gasteiger partial charge in [-0.25, -0.2) is 0 Å². The van der Waals surface area contributed by atoms with Crippen molar-refractivity contribution in [2.45, 2.75) is 81.2 Å². The molecule has 1 heterocycles. The molecule has 1 unspecified atom stereocenters. The largest absolute Gasteiger partial charge is 0.385 e. The molecule has 2 saturated carbocycles. The number of ether oxygens (including phenoxy) is 1. The van der Waals surface area contributed by atoms with E-state index in [1.807, 2.05) is 42.5 Å². The van der Waals surface area contributed by atoms with Crippen molar-refractivity contribution in [2.24, 2.45) is 0 Å². The molecule has 0 radical (unpaired) electrons. The van der Waals surface area contributed by atoms with Gasteiger partial charge in [-0.15, -0.1) is 0 Å². The smallest absolute Gasteiger partial charge is 0.221 e. The van der Waals surface area contributed by atoms with Gasteiger partial charge in [-0.2, -0.15) is 0 Å². The molecule has 5 rings (SSSR count). The van der Waals surface area contributed by atoms with Crippen LogP contribution < -0.4 is 0 Å². The van der Waals surface area contributed by atoms with Crippen molar-refractivity contribution < 1.29 is 14.9 Å². The first-order chi connectivity index (χ1) is 13.6. The van der Waals surface area contributed by atoms with Gasteiger partial charge in [0.1, 0.15) is 0 Å². The third-order valence-corrected chi connectivity index (χ3v) is 7.26. The summed E-state index contributed by atoms with van der Waals surface area (Å²) in [6.45, 7) is 0. The molecule has 1 atom stereocenters. The molecule has 1 spiro atoms. The monoisotopic (exact) mass is 378 g/mol. The minimum Gasteiger partial charge on any atom is -0.385 e. The van der Waals surface area contributed by atoms with Crippen molar-refractivity contribution in [3.63, 3.8) is 0 Å². The van der Waals surface area contributed by atoms with Crippen molar-refractivity contribution >= 4 is 0 Å². The van der Waals surface area contributed by atoms with Crippen LogP contribution in [0.4, 0.5) is 0 Å². The highest BCUT2D eigenvalue weighted by Crippen LogP contribution is 2.56. The molecule has 2 aromatic rings. The van der Waals surface area contributed by atoms with E-state index >= 15 is 0 Å². The van der Waals surface area contributed by atoms with Crippen LogP contribution >= 0.6 is 0 Å². The van der Waals surface area contributed by atoms with Gasteiger partial charge >= 0.3 is 0 Å². The summed E-state index contributed by atoms with van der Waals surface area (Å²) in [5.41, 5.74) is 2.23. The maximum Gasteiger partial charge on any atom is 0.221 e. The van der Waals surface area contributed by atoms with E-state index in [1.54, 1.807) is 0 Å². The van der Waals surface area contributed by atoms with Gasteiger partial charge in [-0.1, -0.05) is 87.1 Å². The molecular formula is C25H30O3. The number of aliphatic hydroxyl groups is 2. The number of rotatable bonds is 2. The van der Waals surface area contributed by atoms with E-state index in [9.17, 15) is 10.2 Å². The summed E-state index contributed by atoms with van der Waals surface area (Å²) in [5.74, 6) is -1.50. The molecule has 3 aliphatic rings. The molecule has 0 aromatic heterocycles. The number of hydrogen-bond acceptors (Lipinski definition) is 3. The summed E-state index contributed by atoms with van der Waals surface area (Å²) in [6, 6.07) is 16.0. The van der Waals surface area contributed by atoms with Gasteiger partial charge in [-0.05, 0) is 36.8 Å². The Labute approximate surface area is 167 Å². The maximum absolute atomic E-state index is 12.0. The van der Waals surface area contributed by atoms with Crippen LogP contribution in [-0.2, 0) is 21.7 Å². The van der Waals surface area contributed by atoms with E-state index in [0.717, 1.165) is 74.5 Å². The second kappa shape index (κ2) is 6.69. The van der Waals surface area contributed by atoms with Crippen LogP contribution in [0.2, 0.25) is 0 Å². The van der Waals surface area contributed by atoms with Crippen LogP contribution in [0, 0.1) is 0 Å². The molecule has 0 amide bonds. The highest BCUT2D eigenvalue weighted by Gasteiger charge is 2.55. The Balaban J connectivity index is 1.66. The van der Waals surface area contributed by atoms with Gasteiger partial charge in [0.05, 0.1) is 11.2 Å². The Bertz CT molecular complexity index is 862. The SMILES string of the molecule is OC1(c2ccccc2C2(O)OC3(CCCCC3)c3ccccc32)CCCCC1. The van der Waals surface area contributed by atoms with Crippen LogP contribution in [0.1, 0.15) is 86.5 Å². The zero-order valence-corrected chi connectivity index (χ0v) is 16.5. The second-order valence-corrected chi connectivity index (χ2v) is 8.98. The van der Waals surface area contributed by atoms with Crippen molar-refractivity contribution in [1.82, 2.24) is 0 Å². The molecule has 1 aliphatic heterocycles. The van der Waals surface area contributed by atoms with Gasteiger partial charge in [0.2, 0.25) is 5.79 Å². The summed E-state index contributed by atoms with van der Waals surface area (Å²) < 4.78 is 6.65. The first-order valence-corrected chi connectivity index (χ1v) is 10.9. The third-order valence-electron chi connectivity index (χ3n) is 7.26. The van der Waals surface area contributed by atoms with Crippen LogP contribution in [0.25, 0.3) is 0 Å². The van der Waals surface area contributed by atoms with Gasteiger partial charge in [0.15, 0.2) is 0 Å². The lowest BCUT2D eigenvalue weighted by Gasteiger charge is -2.39. The van der Waals surface area contributed by atoms with E-state index < -0.39 is 17.0 Å². The van der Waals surface area contributed by atoms with Crippen LogP contribution in [0.3, 0.4) is 0 Å². The Hall–Kier alpha value is -1.68. The minimum absolute atomic E-state index is 0.411. The first-order valence-electron chi connectivity index (χ1n) is 10.9. The highest BCUT2D eigenvalue weighted by atomic mass is 16.6. The molecule has 3 nitrogen and oxygen atoms in total. The predicted molar refractivity (Wildman–Crippen MR) is 109 cm³/mol. The summed E-state index contributed by atoms with van der Waals surface area (Å²) >= 11 is 0. The van der Waals surface area contributed by atoms with E-state index in [2.05, 4.69) is 6.07 Å². The van der Waals surface area contributed by atoms with E-state index in [1.165, 1.54) is 6.42 Å². The minimum atomic E-state index is -1.50. The summed E-state index contributed by atoms with van der Waals surface area (Å²) in [6.07, 6.45) is 10.0. The van der Waals surface area contributed by atoms with Crippen molar-refractivity contribution in [2.75, 3.05) is 0 Å². The lowest BCUT2D eigenvalue weighted by molar-refractivity contribution is -0.243. The maximum atomic E-state index is 12.0. The Kier molecular flexibility index (Phi) is 4.38. The van der Waals surface area contributed by atoms with Gasteiger partial charge in [0.25, 0.3) is 0 Å². The lowest BCUT2D eigenvalue weighted by Crippen LogP contribution is -2.38. The van der Waals surface area contributed by atoms with Crippen LogP contribution in [0.15, 0.2) is 48.5 Å². The molecule has 0 saturated heterocycles. The summed E-state index contributed by atoms with van der Waals surface area (Å²) in [4.78, 5) is 0. The molecule has 28 heavy (non-hydrogen) atoms. The average molecular weight is 379 g/mol. The van der Waals surface area contributed by atoms with Gasteiger partial charge in [-0.3, -0.25) is 0 Å². The zero-order chi connectivity index (χ0) is 19.2. The molecule has 2 fully saturated rings. The van der Waals surface area contributed by atoms with Gasteiger partial charge in [0, 0.05) is 11.1 Å². The average Bonchev–Trinajstić information content (AvgIpc) is 2.98. The summed E-state index contributed by atoms with van der Waals surface area (Å²) in [5, 5.41) is 23.5. The Morgan fingerprint density at radius 1 is 0.571 bits per heavy atom.